The summed E-state index contributed by atoms with van der Waals surface area (Å²) < 4.78 is 5.38. The van der Waals surface area contributed by atoms with Crippen molar-refractivity contribution in [2.45, 2.75) is 19.8 Å². The molecular weight excluding hydrogens is 304 g/mol. The summed E-state index contributed by atoms with van der Waals surface area (Å²) in [6.07, 6.45) is 1.44. The first kappa shape index (κ1) is 16.2. The van der Waals surface area contributed by atoms with E-state index in [2.05, 4.69) is 0 Å². The second-order valence-electron chi connectivity index (χ2n) is 4.89. The molecule has 0 aliphatic carbocycles. The van der Waals surface area contributed by atoms with Gasteiger partial charge in [-0.15, -0.1) is 0 Å². The lowest BCUT2D eigenvalue weighted by atomic mass is 10.0. The van der Waals surface area contributed by atoms with Crippen molar-refractivity contribution >= 4 is 17.4 Å². The third-order valence-electron chi connectivity index (χ3n) is 3.21. The minimum Gasteiger partial charge on any atom is -0.508 e. The zero-order chi connectivity index (χ0) is 16.1. The molecule has 2 rings (SSSR count). The number of phenols is 2. The zero-order valence-corrected chi connectivity index (χ0v) is 12.9. The van der Waals surface area contributed by atoms with Crippen LogP contribution in [0.3, 0.4) is 0 Å². The predicted molar refractivity (Wildman–Crippen MR) is 85.0 cm³/mol. The number of aryl methyl sites for hydroxylation is 1. The summed E-state index contributed by atoms with van der Waals surface area (Å²) in [7, 11) is 0. The number of Topliss-reactive ketones (excluding diaryl/α,β-unsaturated/α-hetero) is 1. The molecule has 0 fully saturated rings. The highest BCUT2D eigenvalue weighted by Crippen LogP contribution is 2.29. The number of aromatic hydroxyl groups is 2. The Morgan fingerprint density at radius 3 is 2.59 bits per heavy atom. The number of carbonyl (C=O) groups excluding carboxylic acids is 1. The van der Waals surface area contributed by atoms with Crippen LogP contribution in [-0.2, 0) is 6.42 Å². The molecule has 0 unspecified atom stereocenters. The van der Waals surface area contributed by atoms with Crippen LogP contribution in [0.4, 0.5) is 0 Å². The first-order valence-corrected chi connectivity index (χ1v) is 7.36. The minimum atomic E-state index is -0.380. The van der Waals surface area contributed by atoms with E-state index in [1.165, 1.54) is 12.1 Å². The number of halogens is 1. The molecule has 0 amide bonds. The van der Waals surface area contributed by atoms with Crippen LogP contribution in [0.15, 0.2) is 36.4 Å². The quantitative estimate of drug-likeness (QED) is 0.790. The number of hydrogen-bond donors (Lipinski definition) is 2. The molecule has 0 saturated heterocycles. The summed E-state index contributed by atoms with van der Waals surface area (Å²) >= 11 is 5.95. The van der Waals surface area contributed by atoms with Crippen molar-refractivity contribution < 1.29 is 19.7 Å². The minimum absolute atomic E-state index is 0.0112. The van der Waals surface area contributed by atoms with Gasteiger partial charge in [0.2, 0.25) is 5.78 Å². The summed E-state index contributed by atoms with van der Waals surface area (Å²) in [5, 5.41) is 20.0. The van der Waals surface area contributed by atoms with Crippen LogP contribution >= 0.6 is 11.6 Å². The van der Waals surface area contributed by atoms with Gasteiger partial charge in [-0.1, -0.05) is 37.1 Å². The van der Waals surface area contributed by atoms with Crippen molar-refractivity contribution in [2.24, 2.45) is 0 Å². The highest BCUT2D eigenvalue weighted by Gasteiger charge is 2.16. The number of para-hydroxylation sites is 1. The number of carbonyl (C=O) groups is 1. The van der Waals surface area contributed by atoms with Crippen molar-refractivity contribution in [1.29, 1.82) is 0 Å². The van der Waals surface area contributed by atoms with Crippen LogP contribution in [-0.4, -0.2) is 22.6 Å². The maximum atomic E-state index is 12.2. The van der Waals surface area contributed by atoms with E-state index < -0.39 is 0 Å². The number of benzene rings is 2. The highest BCUT2D eigenvalue weighted by molar-refractivity contribution is 6.32. The SMILES string of the molecule is CCCc1cc(C(=O)COc2ccccc2Cl)c(O)cc1O. The number of phenolic OH excluding ortho intramolecular Hbond substituents is 2. The maximum absolute atomic E-state index is 12.2. The molecule has 0 aromatic heterocycles. The van der Waals surface area contributed by atoms with Crippen LogP contribution < -0.4 is 4.74 Å². The second kappa shape index (κ2) is 7.18. The van der Waals surface area contributed by atoms with Gasteiger partial charge in [-0.2, -0.15) is 0 Å². The molecule has 5 heteroatoms. The van der Waals surface area contributed by atoms with Crippen LogP contribution in [0.1, 0.15) is 29.3 Å². The van der Waals surface area contributed by atoms with Crippen LogP contribution in [0.5, 0.6) is 17.2 Å². The zero-order valence-electron chi connectivity index (χ0n) is 12.2. The summed E-state index contributed by atoms with van der Waals surface area (Å²) in [4.78, 5) is 12.2. The van der Waals surface area contributed by atoms with Gasteiger partial charge in [0.05, 0.1) is 10.6 Å². The molecule has 0 radical (unpaired) electrons. The van der Waals surface area contributed by atoms with Crippen molar-refractivity contribution in [3.8, 4) is 17.2 Å². The fourth-order valence-corrected chi connectivity index (χ4v) is 2.29. The van der Waals surface area contributed by atoms with E-state index in [4.69, 9.17) is 16.3 Å². The fourth-order valence-electron chi connectivity index (χ4n) is 2.10. The Bertz CT molecular complexity index is 682. The molecule has 0 aliphatic rings. The third-order valence-corrected chi connectivity index (χ3v) is 3.52. The van der Waals surface area contributed by atoms with Crippen molar-refractivity contribution in [1.82, 2.24) is 0 Å². The third kappa shape index (κ3) is 3.71. The number of ketones is 1. The van der Waals surface area contributed by atoms with Gasteiger partial charge in [0, 0.05) is 6.07 Å². The first-order valence-electron chi connectivity index (χ1n) is 6.98. The Morgan fingerprint density at radius 1 is 1.18 bits per heavy atom. The molecule has 4 nitrogen and oxygen atoms in total. The van der Waals surface area contributed by atoms with E-state index in [0.717, 1.165) is 6.42 Å². The van der Waals surface area contributed by atoms with Gasteiger partial charge in [-0.25, -0.2) is 0 Å². The highest BCUT2D eigenvalue weighted by atomic mass is 35.5. The lowest BCUT2D eigenvalue weighted by Gasteiger charge is -2.10. The molecule has 0 heterocycles. The Hall–Kier alpha value is -2.20. The standard InChI is InChI=1S/C17H17ClO4/c1-2-5-11-8-12(15(20)9-14(11)19)16(21)10-22-17-7-4-3-6-13(17)18/h3-4,6-9,19-20H,2,5,10H2,1H3. The summed E-state index contributed by atoms with van der Waals surface area (Å²) in [6.45, 7) is 1.72. The van der Waals surface area contributed by atoms with Crippen LogP contribution in [0.2, 0.25) is 5.02 Å². The van der Waals surface area contributed by atoms with Crippen molar-refractivity contribution in [3.63, 3.8) is 0 Å². The van der Waals surface area contributed by atoms with E-state index in [-0.39, 0.29) is 29.5 Å². The number of hydrogen-bond acceptors (Lipinski definition) is 4. The van der Waals surface area contributed by atoms with E-state index in [0.29, 0.717) is 22.8 Å². The van der Waals surface area contributed by atoms with E-state index in [1.54, 1.807) is 24.3 Å². The molecule has 2 aromatic rings. The van der Waals surface area contributed by atoms with Crippen LogP contribution in [0.25, 0.3) is 0 Å². The Balaban J connectivity index is 2.15. The molecule has 0 bridgehead atoms. The molecule has 2 aromatic carbocycles. The molecule has 22 heavy (non-hydrogen) atoms. The van der Waals surface area contributed by atoms with Gasteiger partial charge >= 0.3 is 0 Å². The molecule has 0 spiro atoms. The first-order chi connectivity index (χ1) is 10.5. The Kier molecular flexibility index (Phi) is 5.28. The lowest BCUT2D eigenvalue weighted by Crippen LogP contribution is -2.12. The van der Waals surface area contributed by atoms with Crippen LogP contribution in [0, 0.1) is 0 Å². The Labute approximate surface area is 133 Å². The Morgan fingerprint density at radius 2 is 1.91 bits per heavy atom. The van der Waals surface area contributed by atoms with Gasteiger partial charge in [0.1, 0.15) is 17.2 Å². The molecular formula is C17H17ClO4. The number of rotatable bonds is 6. The molecule has 0 atom stereocenters. The fraction of sp³-hybridized carbons (Fsp3) is 0.235. The largest absolute Gasteiger partial charge is 0.508 e. The van der Waals surface area contributed by atoms with Gasteiger partial charge in [-0.05, 0) is 30.2 Å². The normalized spacial score (nSPS) is 10.5. The summed E-state index contributed by atoms with van der Waals surface area (Å²) in [5.74, 6) is -0.243. The van der Waals surface area contributed by atoms with E-state index in [9.17, 15) is 15.0 Å². The molecule has 2 N–H and O–H groups in total. The van der Waals surface area contributed by atoms with Gasteiger partial charge < -0.3 is 14.9 Å². The molecule has 116 valence electrons. The van der Waals surface area contributed by atoms with E-state index >= 15 is 0 Å². The maximum Gasteiger partial charge on any atom is 0.203 e. The average Bonchev–Trinajstić information content (AvgIpc) is 2.49. The summed E-state index contributed by atoms with van der Waals surface area (Å²) in [5.41, 5.74) is 0.759. The van der Waals surface area contributed by atoms with Crippen molar-refractivity contribution in [3.05, 3.63) is 52.5 Å². The van der Waals surface area contributed by atoms with E-state index in [1.807, 2.05) is 6.92 Å². The van der Waals surface area contributed by atoms with Gasteiger partial charge in [0.25, 0.3) is 0 Å². The number of ether oxygens (including phenoxy) is 1. The lowest BCUT2D eigenvalue weighted by molar-refractivity contribution is 0.0919. The summed E-state index contributed by atoms with van der Waals surface area (Å²) in [6, 6.07) is 9.54. The van der Waals surface area contributed by atoms with Crippen molar-refractivity contribution in [2.75, 3.05) is 6.61 Å². The molecule has 0 aliphatic heterocycles. The van der Waals surface area contributed by atoms with Gasteiger partial charge in [0.15, 0.2) is 6.61 Å². The predicted octanol–water partition coefficient (Wildman–Crippen LogP) is 3.97. The second-order valence-corrected chi connectivity index (χ2v) is 5.30. The average molecular weight is 321 g/mol. The topological polar surface area (TPSA) is 66.8 Å². The smallest absolute Gasteiger partial charge is 0.203 e. The monoisotopic (exact) mass is 320 g/mol. The van der Waals surface area contributed by atoms with Gasteiger partial charge in [-0.3, -0.25) is 4.79 Å². The molecule has 0 saturated carbocycles.